The molecule has 0 saturated heterocycles. The maximum Gasteiger partial charge on any atom is 0.0851 e. The zero-order valence-electron chi connectivity index (χ0n) is 6.34. The van der Waals surface area contributed by atoms with E-state index in [-0.39, 0.29) is 0 Å². The average Bonchev–Trinajstić information content (AvgIpc) is 2.16. The van der Waals surface area contributed by atoms with E-state index in [0.717, 1.165) is 5.75 Å². The van der Waals surface area contributed by atoms with E-state index in [2.05, 4.69) is 12.1 Å². The van der Waals surface area contributed by atoms with Crippen LogP contribution in [0.1, 0.15) is 5.56 Å². The molecule has 0 aliphatic carbocycles. The van der Waals surface area contributed by atoms with Gasteiger partial charge in [0.15, 0.2) is 0 Å². The second-order valence-electron chi connectivity index (χ2n) is 2.19. The van der Waals surface area contributed by atoms with Gasteiger partial charge in [-0.25, -0.2) is 0 Å². The number of halogens is 2. The number of rotatable bonds is 3. The number of thioether (sulfide) groups is 1. The maximum atomic E-state index is 5.71. The summed E-state index contributed by atoms with van der Waals surface area (Å²) in [6, 6.07) is 10.1. The topological polar surface area (TPSA) is 0 Å². The summed E-state index contributed by atoms with van der Waals surface area (Å²) in [6.07, 6.45) is 0. The van der Waals surface area contributed by atoms with Crippen LogP contribution in [0.2, 0.25) is 0 Å². The molecule has 0 saturated carbocycles. The van der Waals surface area contributed by atoms with Gasteiger partial charge in [0.25, 0.3) is 0 Å². The second kappa shape index (κ2) is 5.52. The van der Waals surface area contributed by atoms with Crippen LogP contribution in [0.5, 0.6) is 0 Å². The largest absolute Gasteiger partial charge is 0.108 e. The fourth-order valence-corrected chi connectivity index (χ4v) is 1.67. The monoisotopic (exact) mass is 218 g/mol. The highest BCUT2D eigenvalue weighted by molar-refractivity contribution is 8.03. The molecule has 0 bridgehead atoms. The predicted octanol–water partition coefficient (Wildman–Crippen LogP) is 4.20. The number of hydrogen-bond donors (Lipinski definition) is 0. The Labute approximate surface area is 86.6 Å². The highest BCUT2D eigenvalue weighted by Gasteiger charge is 1.94. The van der Waals surface area contributed by atoms with Crippen molar-refractivity contribution in [1.29, 1.82) is 0 Å². The van der Waals surface area contributed by atoms with Gasteiger partial charge < -0.3 is 0 Å². The lowest BCUT2D eigenvalue weighted by Crippen LogP contribution is -1.76. The first kappa shape index (κ1) is 9.97. The Kier molecular flexibility index (Phi) is 4.59. The van der Waals surface area contributed by atoms with Crippen molar-refractivity contribution in [1.82, 2.24) is 0 Å². The highest BCUT2D eigenvalue weighted by atomic mass is 35.5. The predicted molar refractivity (Wildman–Crippen MR) is 57.5 cm³/mol. The molecule has 0 radical (unpaired) electrons. The van der Waals surface area contributed by atoms with E-state index in [0.29, 0.717) is 4.36 Å². The molecule has 0 heterocycles. The van der Waals surface area contributed by atoms with E-state index in [1.807, 2.05) is 18.2 Å². The summed E-state index contributed by atoms with van der Waals surface area (Å²) in [4.78, 5) is 0. The van der Waals surface area contributed by atoms with E-state index in [1.54, 1.807) is 0 Å². The van der Waals surface area contributed by atoms with Crippen LogP contribution in [0.25, 0.3) is 0 Å². The molecule has 0 aromatic heterocycles. The second-order valence-corrected chi connectivity index (χ2v) is 4.05. The van der Waals surface area contributed by atoms with E-state index in [1.165, 1.54) is 22.9 Å². The van der Waals surface area contributed by atoms with Crippen molar-refractivity contribution in [3.63, 3.8) is 0 Å². The lowest BCUT2D eigenvalue weighted by Gasteiger charge is -1.98. The zero-order valence-corrected chi connectivity index (χ0v) is 8.66. The molecule has 0 aliphatic rings. The van der Waals surface area contributed by atoms with Crippen molar-refractivity contribution >= 4 is 35.0 Å². The Morgan fingerprint density at radius 1 is 1.33 bits per heavy atom. The molecule has 12 heavy (non-hydrogen) atoms. The SMILES string of the molecule is Cl/C=C(\Cl)SCc1ccccc1. The van der Waals surface area contributed by atoms with Gasteiger partial charge in [0.1, 0.15) is 0 Å². The Bertz CT molecular complexity index is 256. The molecule has 1 rings (SSSR count). The van der Waals surface area contributed by atoms with E-state index < -0.39 is 0 Å². The van der Waals surface area contributed by atoms with Crippen LogP contribution in [-0.4, -0.2) is 0 Å². The van der Waals surface area contributed by atoms with Gasteiger partial charge in [-0.3, -0.25) is 0 Å². The van der Waals surface area contributed by atoms with Crippen LogP contribution in [0.4, 0.5) is 0 Å². The van der Waals surface area contributed by atoms with Crippen LogP contribution in [0.3, 0.4) is 0 Å². The molecule has 0 unspecified atom stereocenters. The van der Waals surface area contributed by atoms with Gasteiger partial charge in [0.05, 0.1) is 4.36 Å². The summed E-state index contributed by atoms with van der Waals surface area (Å²) in [5.41, 5.74) is 2.63. The first-order valence-electron chi connectivity index (χ1n) is 3.45. The van der Waals surface area contributed by atoms with Crippen LogP contribution in [-0.2, 0) is 5.75 Å². The minimum Gasteiger partial charge on any atom is -0.108 e. The minimum atomic E-state index is 0.625. The quantitative estimate of drug-likeness (QED) is 0.734. The first-order valence-corrected chi connectivity index (χ1v) is 5.25. The summed E-state index contributed by atoms with van der Waals surface area (Å²) in [5, 5.41) is 0. The Morgan fingerprint density at radius 3 is 2.58 bits per heavy atom. The van der Waals surface area contributed by atoms with Gasteiger partial charge in [-0.05, 0) is 5.56 Å². The zero-order chi connectivity index (χ0) is 8.81. The summed E-state index contributed by atoms with van der Waals surface area (Å²) in [5.74, 6) is 0.864. The molecular weight excluding hydrogens is 211 g/mol. The van der Waals surface area contributed by atoms with Gasteiger partial charge in [-0.1, -0.05) is 53.5 Å². The van der Waals surface area contributed by atoms with Crippen LogP contribution < -0.4 is 0 Å². The summed E-state index contributed by atoms with van der Waals surface area (Å²) < 4.78 is 0.625. The van der Waals surface area contributed by atoms with Crippen LogP contribution in [0, 0.1) is 0 Å². The molecule has 3 heteroatoms. The molecule has 64 valence electrons. The molecule has 0 nitrogen and oxygen atoms in total. The smallest absolute Gasteiger partial charge is 0.0851 e. The lowest BCUT2D eigenvalue weighted by atomic mass is 10.2. The molecule has 0 amide bonds. The molecule has 1 aromatic rings. The van der Waals surface area contributed by atoms with Gasteiger partial charge in [-0.15, -0.1) is 11.8 Å². The third kappa shape index (κ3) is 3.53. The van der Waals surface area contributed by atoms with E-state index >= 15 is 0 Å². The van der Waals surface area contributed by atoms with Crippen molar-refractivity contribution in [2.75, 3.05) is 0 Å². The molecule has 0 atom stereocenters. The molecular formula is C9H8Cl2S. The van der Waals surface area contributed by atoms with Crippen LogP contribution >= 0.6 is 35.0 Å². The molecule has 0 N–H and O–H groups in total. The fraction of sp³-hybridized carbons (Fsp3) is 0.111. The third-order valence-electron chi connectivity index (χ3n) is 1.31. The lowest BCUT2D eigenvalue weighted by molar-refractivity contribution is 1.42. The van der Waals surface area contributed by atoms with Gasteiger partial charge in [0.2, 0.25) is 0 Å². The van der Waals surface area contributed by atoms with E-state index in [9.17, 15) is 0 Å². The van der Waals surface area contributed by atoms with Crippen molar-refractivity contribution in [3.05, 3.63) is 45.8 Å². The summed E-state index contributed by atoms with van der Waals surface area (Å²) >= 11 is 12.6. The molecule has 1 aromatic carbocycles. The molecule has 0 spiro atoms. The highest BCUT2D eigenvalue weighted by Crippen LogP contribution is 2.24. The molecule has 0 fully saturated rings. The Balaban J connectivity index is 2.44. The van der Waals surface area contributed by atoms with Gasteiger partial charge >= 0.3 is 0 Å². The normalized spacial score (nSPS) is 11.7. The Morgan fingerprint density at radius 2 is 2.00 bits per heavy atom. The van der Waals surface area contributed by atoms with E-state index in [4.69, 9.17) is 23.2 Å². The average molecular weight is 219 g/mol. The van der Waals surface area contributed by atoms with Gasteiger partial charge in [0, 0.05) is 11.3 Å². The minimum absolute atomic E-state index is 0.625. The fourth-order valence-electron chi connectivity index (χ4n) is 0.758. The first-order chi connectivity index (χ1) is 5.83. The molecule has 0 aliphatic heterocycles. The standard InChI is InChI=1S/C9H8Cl2S/c10-6-9(11)12-7-8-4-2-1-3-5-8/h1-6H,7H2/b9-6+. The van der Waals surface area contributed by atoms with Gasteiger partial charge in [-0.2, -0.15) is 0 Å². The van der Waals surface area contributed by atoms with Crippen molar-refractivity contribution in [3.8, 4) is 0 Å². The van der Waals surface area contributed by atoms with Crippen molar-refractivity contribution < 1.29 is 0 Å². The maximum absolute atomic E-state index is 5.71. The summed E-state index contributed by atoms with van der Waals surface area (Å²) in [6.45, 7) is 0. The van der Waals surface area contributed by atoms with Crippen LogP contribution in [0.15, 0.2) is 40.2 Å². The van der Waals surface area contributed by atoms with Crippen molar-refractivity contribution in [2.24, 2.45) is 0 Å². The Hall–Kier alpha value is -0.110. The summed E-state index contributed by atoms with van der Waals surface area (Å²) in [7, 11) is 0. The van der Waals surface area contributed by atoms with Crippen molar-refractivity contribution in [2.45, 2.75) is 5.75 Å². The number of benzene rings is 1. The third-order valence-corrected chi connectivity index (χ3v) is 3.07. The number of hydrogen-bond acceptors (Lipinski definition) is 1.